The molecule has 0 radical (unpaired) electrons. The summed E-state index contributed by atoms with van der Waals surface area (Å²) in [7, 11) is 1.99. The molecule has 2 aromatic heterocycles. The van der Waals surface area contributed by atoms with Gasteiger partial charge >= 0.3 is 0 Å². The summed E-state index contributed by atoms with van der Waals surface area (Å²) in [6, 6.07) is 6.50. The maximum atomic E-state index is 6.48. The van der Waals surface area contributed by atoms with E-state index in [4.69, 9.17) is 32.3 Å². The number of halogens is 1. The SMILES string of the molecule is CN1C2=CC=C(c3ccnc(N)c3Cl)/C1=N/C=C/C(N1CCC3(CC1)Cc1ccc(C4CC4)nc1C3)=N\2. The second-order valence-corrected chi connectivity index (χ2v) is 11.3. The molecule has 3 aliphatic heterocycles. The lowest BCUT2D eigenvalue weighted by Crippen LogP contribution is -2.43. The fourth-order valence-electron chi connectivity index (χ4n) is 6.14. The number of likely N-dealkylation sites (tertiary alicyclic amines) is 1. The van der Waals surface area contributed by atoms with E-state index in [0.29, 0.717) is 22.2 Å². The summed E-state index contributed by atoms with van der Waals surface area (Å²) in [5.74, 6) is 3.62. The van der Waals surface area contributed by atoms with Crippen molar-refractivity contribution in [3.63, 3.8) is 0 Å². The predicted octanol–water partition coefficient (Wildman–Crippen LogP) is 4.97. The second-order valence-electron chi connectivity index (χ2n) is 10.9. The van der Waals surface area contributed by atoms with Gasteiger partial charge in [-0.15, -0.1) is 0 Å². The molecule has 188 valence electrons. The normalized spacial score (nSPS) is 25.8. The van der Waals surface area contributed by atoms with Gasteiger partial charge in [-0.25, -0.2) is 15.0 Å². The molecule has 1 saturated carbocycles. The molecule has 0 aromatic carbocycles. The number of nitrogens with zero attached hydrogens (tertiary/aromatic N) is 6. The smallest absolute Gasteiger partial charge is 0.142 e. The maximum absolute atomic E-state index is 6.48. The number of likely N-dealkylation sites (N-methyl/N-ethyl adjacent to an activating group) is 1. The number of piperidine rings is 1. The summed E-state index contributed by atoms with van der Waals surface area (Å²) in [5, 5.41) is 0.437. The number of anilines is 1. The van der Waals surface area contributed by atoms with Crippen LogP contribution in [0.25, 0.3) is 5.57 Å². The van der Waals surface area contributed by atoms with Crippen LogP contribution in [0.1, 0.15) is 54.1 Å². The van der Waals surface area contributed by atoms with Crippen LogP contribution in [0.4, 0.5) is 5.82 Å². The lowest BCUT2D eigenvalue weighted by molar-refractivity contribution is 0.158. The highest BCUT2D eigenvalue weighted by atomic mass is 35.5. The maximum Gasteiger partial charge on any atom is 0.142 e. The molecule has 2 aliphatic carbocycles. The molecular formula is C29H30ClN7. The molecule has 0 amide bonds. The first kappa shape index (κ1) is 22.7. The Morgan fingerprint density at radius 2 is 1.92 bits per heavy atom. The number of amidine groups is 2. The van der Waals surface area contributed by atoms with E-state index in [9.17, 15) is 0 Å². The number of nitrogens with two attached hydrogens (primary N) is 1. The molecule has 5 heterocycles. The van der Waals surface area contributed by atoms with Crippen molar-refractivity contribution >= 4 is 34.7 Å². The number of aliphatic imine (C=N–C) groups is 2. The van der Waals surface area contributed by atoms with Crippen molar-refractivity contribution in [2.75, 3.05) is 25.9 Å². The van der Waals surface area contributed by atoms with Gasteiger partial charge in [0.2, 0.25) is 0 Å². The number of allylic oxidation sites excluding steroid dienone is 2. The van der Waals surface area contributed by atoms with Crippen molar-refractivity contribution < 1.29 is 0 Å². The zero-order chi connectivity index (χ0) is 25.1. The average molecular weight is 512 g/mol. The molecule has 2 N–H and O–H groups in total. The fraction of sp³-hybridized carbons (Fsp3) is 0.379. The number of hydrogen-bond acceptors (Lipinski definition) is 7. The van der Waals surface area contributed by atoms with Crippen LogP contribution in [0.15, 0.2) is 64.6 Å². The van der Waals surface area contributed by atoms with Crippen molar-refractivity contribution in [1.82, 2.24) is 19.8 Å². The summed E-state index contributed by atoms with van der Waals surface area (Å²) in [6.07, 6.45) is 16.8. The topological polar surface area (TPSA) is 83.0 Å². The minimum Gasteiger partial charge on any atom is -0.382 e. The van der Waals surface area contributed by atoms with Gasteiger partial charge in [-0.2, -0.15) is 0 Å². The van der Waals surface area contributed by atoms with Gasteiger partial charge in [0, 0.05) is 61.0 Å². The third kappa shape index (κ3) is 3.96. The first-order valence-electron chi connectivity index (χ1n) is 13.1. The molecular weight excluding hydrogens is 482 g/mol. The standard InChI is InChI=1S/C29H30ClN7/c1-36-24-7-5-21(20-8-12-32-27(31)26(20)30)28(36)33-13-9-25(35-24)37-14-10-29(11-15-37)16-19-4-6-22(18-2-3-18)34-23(19)17-29/h4-9,12-13,18H,2-3,10-11,14-17H2,1H3,(H2,31,32)/b13-9+,25-9?,33-13?,33-28-,35-24?,35-25+. The van der Waals surface area contributed by atoms with Gasteiger partial charge in [0.1, 0.15) is 23.3 Å². The Bertz CT molecular complexity index is 1440. The van der Waals surface area contributed by atoms with Gasteiger partial charge in [0.15, 0.2) is 0 Å². The summed E-state index contributed by atoms with van der Waals surface area (Å²) in [5.41, 5.74) is 12.1. The fourth-order valence-corrected chi connectivity index (χ4v) is 6.35. The zero-order valence-electron chi connectivity index (χ0n) is 21.0. The number of rotatable bonds is 2. The van der Waals surface area contributed by atoms with Crippen molar-refractivity contribution in [2.45, 2.75) is 44.4 Å². The summed E-state index contributed by atoms with van der Waals surface area (Å²) < 4.78 is 0. The monoisotopic (exact) mass is 511 g/mol. The molecule has 1 saturated heterocycles. The molecule has 1 spiro atoms. The highest BCUT2D eigenvalue weighted by Crippen LogP contribution is 2.46. The van der Waals surface area contributed by atoms with Crippen molar-refractivity contribution in [2.24, 2.45) is 15.4 Å². The molecule has 5 aliphatic rings. The number of pyridine rings is 2. The zero-order valence-corrected chi connectivity index (χ0v) is 21.7. The summed E-state index contributed by atoms with van der Waals surface area (Å²) in [4.78, 5) is 23.4. The van der Waals surface area contributed by atoms with E-state index in [0.717, 1.165) is 67.4 Å². The van der Waals surface area contributed by atoms with Crippen LogP contribution in [0.2, 0.25) is 5.02 Å². The number of hydrogen-bond donors (Lipinski definition) is 1. The Morgan fingerprint density at radius 1 is 1.08 bits per heavy atom. The molecule has 2 bridgehead atoms. The molecule has 0 atom stereocenters. The van der Waals surface area contributed by atoms with Crippen LogP contribution in [0.5, 0.6) is 0 Å². The van der Waals surface area contributed by atoms with Crippen LogP contribution in [0, 0.1) is 5.41 Å². The summed E-state index contributed by atoms with van der Waals surface area (Å²) in [6.45, 7) is 1.99. The van der Waals surface area contributed by atoms with E-state index in [1.807, 2.05) is 42.4 Å². The molecule has 37 heavy (non-hydrogen) atoms. The van der Waals surface area contributed by atoms with Crippen molar-refractivity contribution in [3.8, 4) is 0 Å². The van der Waals surface area contributed by atoms with E-state index >= 15 is 0 Å². The molecule has 8 heteroatoms. The summed E-state index contributed by atoms with van der Waals surface area (Å²) >= 11 is 6.48. The van der Waals surface area contributed by atoms with Gasteiger partial charge < -0.3 is 15.5 Å². The second kappa shape index (κ2) is 8.55. The van der Waals surface area contributed by atoms with Crippen LogP contribution in [-0.2, 0) is 12.8 Å². The van der Waals surface area contributed by atoms with E-state index in [1.165, 1.54) is 29.8 Å². The average Bonchev–Trinajstić information content (AvgIpc) is 3.69. The molecule has 2 aromatic rings. The van der Waals surface area contributed by atoms with Crippen LogP contribution in [0.3, 0.4) is 0 Å². The number of fused-ring (bicyclic) bond motifs is 3. The molecule has 0 unspecified atom stereocenters. The van der Waals surface area contributed by atoms with E-state index < -0.39 is 0 Å². The molecule has 2 fully saturated rings. The predicted molar refractivity (Wildman–Crippen MR) is 148 cm³/mol. The third-order valence-electron chi connectivity index (χ3n) is 8.50. The lowest BCUT2D eigenvalue weighted by Gasteiger charge is -2.40. The highest BCUT2D eigenvalue weighted by Gasteiger charge is 2.41. The van der Waals surface area contributed by atoms with Gasteiger partial charge in [0.25, 0.3) is 0 Å². The molecule has 7 rings (SSSR count). The Morgan fingerprint density at radius 3 is 2.73 bits per heavy atom. The van der Waals surface area contributed by atoms with E-state index in [1.54, 1.807) is 6.20 Å². The minimum atomic E-state index is 0.312. The Kier molecular flexibility index (Phi) is 5.25. The largest absolute Gasteiger partial charge is 0.382 e. The first-order chi connectivity index (χ1) is 18.0. The number of aromatic nitrogens is 2. The Hall–Kier alpha value is -3.45. The third-order valence-corrected chi connectivity index (χ3v) is 8.90. The quantitative estimate of drug-likeness (QED) is 0.615. The van der Waals surface area contributed by atoms with Gasteiger partial charge in [-0.3, -0.25) is 4.98 Å². The minimum absolute atomic E-state index is 0.312. The first-order valence-corrected chi connectivity index (χ1v) is 13.5. The highest BCUT2D eigenvalue weighted by molar-refractivity contribution is 6.37. The van der Waals surface area contributed by atoms with Crippen molar-refractivity contribution in [1.29, 1.82) is 0 Å². The van der Waals surface area contributed by atoms with Gasteiger partial charge in [-0.1, -0.05) is 17.7 Å². The van der Waals surface area contributed by atoms with E-state index in [2.05, 4.69) is 22.0 Å². The van der Waals surface area contributed by atoms with Gasteiger partial charge in [-0.05, 0) is 79.9 Å². The van der Waals surface area contributed by atoms with Crippen LogP contribution < -0.4 is 5.73 Å². The van der Waals surface area contributed by atoms with Crippen LogP contribution >= 0.6 is 11.6 Å². The Balaban J connectivity index is 1.10. The van der Waals surface area contributed by atoms with Crippen molar-refractivity contribution in [3.05, 3.63) is 82.2 Å². The van der Waals surface area contributed by atoms with E-state index in [-0.39, 0.29) is 0 Å². The Labute approximate surface area is 222 Å². The molecule has 7 nitrogen and oxygen atoms in total. The van der Waals surface area contributed by atoms with Crippen LogP contribution in [-0.4, -0.2) is 51.6 Å². The van der Waals surface area contributed by atoms with Gasteiger partial charge in [0.05, 0.1) is 5.02 Å². The lowest BCUT2D eigenvalue weighted by atomic mass is 9.76. The number of nitrogen functional groups attached to an aromatic ring is 1.